The topological polar surface area (TPSA) is 56.8 Å². The molecule has 0 saturated carbocycles. The number of hydrogen-bond acceptors (Lipinski definition) is 4. The number of anilines is 1. The fourth-order valence-corrected chi connectivity index (χ4v) is 2.81. The van der Waals surface area contributed by atoms with E-state index in [1.54, 1.807) is 18.2 Å². The van der Waals surface area contributed by atoms with E-state index in [9.17, 15) is 4.79 Å². The number of carbonyl (C=O) groups excluding carboxylic acids is 1. The van der Waals surface area contributed by atoms with E-state index in [0.717, 1.165) is 17.7 Å². The minimum Gasteiger partial charge on any atom is -0.490 e. The number of benzene rings is 3. The molecule has 3 aromatic carbocycles. The zero-order chi connectivity index (χ0) is 21.9. The van der Waals surface area contributed by atoms with Gasteiger partial charge in [-0.15, -0.1) is 0 Å². The van der Waals surface area contributed by atoms with Gasteiger partial charge in [-0.2, -0.15) is 0 Å². The molecule has 3 aromatic rings. The molecule has 0 radical (unpaired) electrons. The van der Waals surface area contributed by atoms with Gasteiger partial charge >= 0.3 is 0 Å². The second kappa shape index (κ2) is 11.5. The lowest BCUT2D eigenvalue weighted by Crippen LogP contribution is -2.07. The molecule has 0 aliphatic heterocycles. The minimum atomic E-state index is -0.221. The zero-order valence-electron chi connectivity index (χ0n) is 17.8. The normalized spacial score (nSPS) is 10.6. The molecule has 0 heterocycles. The summed E-state index contributed by atoms with van der Waals surface area (Å²) >= 11 is 0. The van der Waals surface area contributed by atoms with Gasteiger partial charge in [0, 0.05) is 11.8 Å². The second-order valence-electron chi connectivity index (χ2n) is 6.75. The predicted molar refractivity (Wildman–Crippen MR) is 124 cm³/mol. The van der Waals surface area contributed by atoms with Crippen molar-refractivity contribution in [2.45, 2.75) is 20.3 Å². The summed E-state index contributed by atoms with van der Waals surface area (Å²) < 4.78 is 17.1. The van der Waals surface area contributed by atoms with Crippen molar-refractivity contribution in [3.63, 3.8) is 0 Å². The number of carbonyl (C=O) groups is 1. The molecular weight excluding hydrogens is 390 g/mol. The van der Waals surface area contributed by atoms with Gasteiger partial charge in [0.05, 0.1) is 13.2 Å². The molecule has 160 valence electrons. The molecule has 5 heteroatoms. The fraction of sp³-hybridized carbons (Fsp3) is 0.192. The third-order valence-electron chi connectivity index (χ3n) is 4.26. The molecule has 0 fully saturated rings. The van der Waals surface area contributed by atoms with Crippen LogP contribution in [-0.2, 0) is 4.79 Å². The van der Waals surface area contributed by atoms with Crippen LogP contribution in [0.15, 0.2) is 78.9 Å². The Morgan fingerprint density at radius 3 is 2.32 bits per heavy atom. The van der Waals surface area contributed by atoms with Gasteiger partial charge in [0.15, 0.2) is 11.5 Å². The third-order valence-corrected chi connectivity index (χ3v) is 4.26. The lowest BCUT2D eigenvalue weighted by molar-refractivity contribution is -0.111. The molecular formula is C26H27NO4. The highest BCUT2D eigenvalue weighted by atomic mass is 16.5. The highest BCUT2D eigenvalue weighted by Crippen LogP contribution is 2.29. The summed E-state index contributed by atoms with van der Waals surface area (Å²) in [5, 5.41) is 2.85. The summed E-state index contributed by atoms with van der Waals surface area (Å²) in [6, 6.07) is 22.4. The SMILES string of the molecule is CCCOc1ccc(/C=C/C(=O)Nc2ccc(Oc3ccccc3)cc2)cc1OCC. The van der Waals surface area contributed by atoms with Gasteiger partial charge < -0.3 is 19.5 Å². The van der Waals surface area contributed by atoms with Crippen molar-refractivity contribution in [3.05, 3.63) is 84.4 Å². The van der Waals surface area contributed by atoms with Gasteiger partial charge in [0.25, 0.3) is 0 Å². The van der Waals surface area contributed by atoms with E-state index in [-0.39, 0.29) is 5.91 Å². The maximum Gasteiger partial charge on any atom is 0.248 e. The molecule has 0 bridgehead atoms. The first-order valence-electron chi connectivity index (χ1n) is 10.4. The van der Waals surface area contributed by atoms with Crippen LogP contribution >= 0.6 is 0 Å². The van der Waals surface area contributed by atoms with Crippen LogP contribution in [0.25, 0.3) is 6.08 Å². The average Bonchev–Trinajstić information content (AvgIpc) is 2.79. The predicted octanol–water partition coefficient (Wildman–Crippen LogP) is 6.32. The third kappa shape index (κ3) is 6.93. The van der Waals surface area contributed by atoms with Crippen LogP contribution in [0.3, 0.4) is 0 Å². The van der Waals surface area contributed by atoms with Crippen molar-refractivity contribution in [2.24, 2.45) is 0 Å². The second-order valence-corrected chi connectivity index (χ2v) is 6.75. The van der Waals surface area contributed by atoms with Gasteiger partial charge in [0.2, 0.25) is 5.91 Å². The maximum atomic E-state index is 12.3. The molecule has 0 unspecified atom stereocenters. The van der Waals surface area contributed by atoms with Crippen molar-refractivity contribution in [1.82, 2.24) is 0 Å². The fourth-order valence-electron chi connectivity index (χ4n) is 2.81. The van der Waals surface area contributed by atoms with Crippen LogP contribution in [0.1, 0.15) is 25.8 Å². The number of amides is 1. The first kappa shape index (κ1) is 22.0. The summed E-state index contributed by atoms with van der Waals surface area (Å²) in [5.74, 6) is 2.63. The Labute approximate surface area is 183 Å². The van der Waals surface area contributed by atoms with Crippen LogP contribution in [0.4, 0.5) is 5.69 Å². The van der Waals surface area contributed by atoms with E-state index < -0.39 is 0 Å². The quantitative estimate of drug-likeness (QED) is 0.392. The Morgan fingerprint density at radius 2 is 1.61 bits per heavy atom. The van der Waals surface area contributed by atoms with Gasteiger partial charge in [-0.25, -0.2) is 0 Å². The van der Waals surface area contributed by atoms with Crippen molar-refractivity contribution in [1.29, 1.82) is 0 Å². The van der Waals surface area contributed by atoms with Crippen LogP contribution in [-0.4, -0.2) is 19.1 Å². The highest BCUT2D eigenvalue weighted by Gasteiger charge is 2.06. The molecule has 5 nitrogen and oxygen atoms in total. The maximum absolute atomic E-state index is 12.3. The Bertz CT molecular complexity index is 998. The van der Waals surface area contributed by atoms with Crippen LogP contribution in [0, 0.1) is 0 Å². The summed E-state index contributed by atoms with van der Waals surface area (Å²) in [6.07, 6.45) is 4.16. The molecule has 0 aliphatic rings. The summed E-state index contributed by atoms with van der Waals surface area (Å²) in [6.45, 7) is 5.16. The van der Waals surface area contributed by atoms with E-state index in [4.69, 9.17) is 14.2 Å². The number of hydrogen-bond donors (Lipinski definition) is 1. The molecule has 3 rings (SSSR count). The van der Waals surface area contributed by atoms with E-state index in [0.29, 0.717) is 36.1 Å². The van der Waals surface area contributed by atoms with Crippen molar-refractivity contribution in [3.8, 4) is 23.0 Å². The smallest absolute Gasteiger partial charge is 0.248 e. The van der Waals surface area contributed by atoms with E-state index in [2.05, 4.69) is 12.2 Å². The van der Waals surface area contributed by atoms with E-state index in [1.165, 1.54) is 6.08 Å². The molecule has 1 N–H and O–H groups in total. The van der Waals surface area contributed by atoms with E-state index >= 15 is 0 Å². The van der Waals surface area contributed by atoms with Gasteiger partial charge in [-0.3, -0.25) is 4.79 Å². The standard InChI is InChI=1S/C26H27NO4/c1-3-18-30-24-16-10-20(19-25(24)29-4-2)11-17-26(28)27-21-12-14-23(15-13-21)31-22-8-6-5-7-9-22/h5-17,19H,3-4,18H2,1-2H3,(H,27,28)/b17-11+. The Kier molecular flexibility index (Phi) is 8.12. The van der Waals surface area contributed by atoms with Crippen molar-refractivity contribution >= 4 is 17.7 Å². The molecule has 0 aromatic heterocycles. The van der Waals surface area contributed by atoms with Gasteiger partial charge in [-0.05, 0) is 73.5 Å². The lowest BCUT2D eigenvalue weighted by Gasteiger charge is -2.12. The zero-order valence-corrected chi connectivity index (χ0v) is 17.8. The molecule has 0 atom stereocenters. The Hall–Kier alpha value is -3.73. The van der Waals surface area contributed by atoms with Crippen LogP contribution in [0.2, 0.25) is 0 Å². The van der Waals surface area contributed by atoms with Crippen molar-refractivity contribution < 1.29 is 19.0 Å². The Balaban J connectivity index is 1.59. The Morgan fingerprint density at radius 1 is 0.871 bits per heavy atom. The lowest BCUT2D eigenvalue weighted by atomic mass is 10.2. The summed E-state index contributed by atoms with van der Waals surface area (Å²) in [4.78, 5) is 12.3. The first-order valence-corrected chi connectivity index (χ1v) is 10.4. The first-order chi connectivity index (χ1) is 15.2. The highest BCUT2D eigenvalue weighted by molar-refractivity contribution is 6.02. The van der Waals surface area contributed by atoms with Crippen molar-refractivity contribution in [2.75, 3.05) is 18.5 Å². The number of ether oxygens (including phenoxy) is 3. The van der Waals surface area contributed by atoms with Gasteiger partial charge in [0.1, 0.15) is 11.5 Å². The summed E-state index contributed by atoms with van der Waals surface area (Å²) in [5.41, 5.74) is 1.54. The number of para-hydroxylation sites is 1. The van der Waals surface area contributed by atoms with E-state index in [1.807, 2.05) is 67.6 Å². The number of nitrogens with one attached hydrogen (secondary N) is 1. The minimum absolute atomic E-state index is 0.221. The van der Waals surface area contributed by atoms with Gasteiger partial charge in [-0.1, -0.05) is 31.2 Å². The average molecular weight is 418 g/mol. The number of rotatable bonds is 10. The largest absolute Gasteiger partial charge is 0.490 e. The van der Waals surface area contributed by atoms with Crippen LogP contribution in [0.5, 0.6) is 23.0 Å². The monoisotopic (exact) mass is 417 g/mol. The molecule has 0 spiro atoms. The molecule has 0 aliphatic carbocycles. The molecule has 31 heavy (non-hydrogen) atoms. The molecule has 0 saturated heterocycles. The summed E-state index contributed by atoms with van der Waals surface area (Å²) in [7, 11) is 0. The molecule has 1 amide bonds. The van der Waals surface area contributed by atoms with Crippen LogP contribution < -0.4 is 19.5 Å².